The van der Waals surface area contributed by atoms with Crippen LogP contribution in [0.3, 0.4) is 0 Å². The molecule has 1 heterocycles. The van der Waals surface area contributed by atoms with Gasteiger partial charge < -0.3 is 20.9 Å². The topological polar surface area (TPSA) is 156 Å². The molecule has 1 atom stereocenters. The zero-order valence-corrected chi connectivity index (χ0v) is 15.7. The fourth-order valence-corrected chi connectivity index (χ4v) is 1.94. The quantitative estimate of drug-likeness (QED) is 0.316. The maximum atomic E-state index is 12.0. The lowest BCUT2D eigenvalue weighted by atomic mass is 10.1. The molecule has 6 N–H and O–H groups in total. The molecule has 2 amide bonds. The van der Waals surface area contributed by atoms with Crippen molar-refractivity contribution in [1.82, 2.24) is 15.7 Å². The van der Waals surface area contributed by atoms with Crippen molar-refractivity contribution in [2.75, 3.05) is 12.0 Å². The lowest BCUT2D eigenvalue weighted by molar-refractivity contribution is -0.138. The number of rotatable bonds is 9. The smallest absolute Gasteiger partial charge is 0.426 e. The van der Waals surface area contributed by atoms with Crippen LogP contribution in [0, 0.1) is 0 Å². The van der Waals surface area contributed by atoms with Crippen molar-refractivity contribution in [2.45, 2.75) is 51.7 Å². The molecule has 0 bridgehead atoms. The number of aromatic nitrogens is 1. The predicted octanol–water partition coefficient (Wildman–Crippen LogP) is 1.25. The molecule has 0 aromatic carbocycles. The van der Waals surface area contributed by atoms with Crippen LogP contribution < -0.4 is 21.9 Å². The molecule has 0 aliphatic heterocycles. The van der Waals surface area contributed by atoms with Gasteiger partial charge in [0.05, 0.1) is 5.56 Å². The number of amides is 2. The Morgan fingerprint density at radius 2 is 1.96 bits per heavy atom. The Morgan fingerprint density at radius 1 is 1.26 bits per heavy atom. The normalized spacial score (nSPS) is 12.0. The Balaban J connectivity index is 2.33. The van der Waals surface area contributed by atoms with Gasteiger partial charge in [-0.25, -0.2) is 15.2 Å². The summed E-state index contributed by atoms with van der Waals surface area (Å²) in [5.41, 5.74) is 10.1. The zero-order valence-electron chi connectivity index (χ0n) is 15.7. The third-order valence-corrected chi connectivity index (χ3v) is 3.26. The number of anilines is 1. The predicted molar refractivity (Wildman–Crippen MR) is 99.0 cm³/mol. The standard InChI is InChI=1S/C17H27N5O5/c1-17(2,3)27-16(26)22-21-13-8-7-11(10-20-13)14(23)19-9-5-4-6-12(18)15(24)25/h7-8,10,12H,4-6,9,18H2,1-3H3,(H,19,23)(H,20,21)(H,22,26)(H,24,25). The van der Waals surface area contributed by atoms with Gasteiger partial charge in [0.25, 0.3) is 5.91 Å². The maximum Gasteiger partial charge on any atom is 0.426 e. The summed E-state index contributed by atoms with van der Waals surface area (Å²) in [5, 5.41) is 11.4. The van der Waals surface area contributed by atoms with Gasteiger partial charge in [-0.15, -0.1) is 0 Å². The first kappa shape index (κ1) is 22.2. The van der Waals surface area contributed by atoms with Crippen molar-refractivity contribution in [1.29, 1.82) is 0 Å². The summed E-state index contributed by atoms with van der Waals surface area (Å²) in [7, 11) is 0. The van der Waals surface area contributed by atoms with E-state index < -0.39 is 23.7 Å². The third-order valence-electron chi connectivity index (χ3n) is 3.26. The Labute approximate surface area is 157 Å². The number of carbonyl (C=O) groups is 3. The van der Waals surface area contributed by atoms with Gasteiger partial charge in [0.15, 0.2) is 0 Å². The van der Waals surface area contributed by atoms with Crippen LogP contribution in [0.1, 0.15) is 50.4 Å². The first-order chi connectivity index (χ1) is 12.6. The van der Waals surface area contributed by atoms with E-state index in [2.05, 4.69) is 21.2 Å². The Morgan fingerprint density at radius 3 is 2.52 bits per heavy atom. The SMILES string of the molecule is CC(C)(C)OC(=O)NNc1ccc(C(=O)NCCCCC(N)C(=O)O)cn1. The summed E-state index contributed by atoms with van der Waals surface area (Å²) in [6, 6.07) is 2.22. The zero-order chi connectivity index (χ0) is 20.4. The summed E-state index contributed by atoms with van der Waals surface area (Å²) in [4.78, 5) is 38.2. The van der Waals surface area contributed by atoms with Gasteiger partial charge in [-0.3, -0.25) is 15.0 Å². The molecule has 10 heteroatoms. The number of aliphatic carboxylic acids is 1. The first-order valence-electron chi connectivity index (χ1n) is 8.56. The van der Waals surface area contributed by atoms with Crippen molar-refractivity contribution < 1.29 is 24.2 Å². The second kappa shape index (κ2) is 10.3. The van der Waals surface area contributed by atoms with Crippen LogP contribution in [0.25, 0.3) is 0 Å². The highest BCUT2D eigenvalue weighted by atomic mass is 16.6. The Bertz CT molecular complexity index is 642. The number of pyridine rings is 1. The molecular weight excluding hydrogens is 354 g/mol. The number of ether oxygens (including phenoxy) is 1. The van der Waals surface area contributed by atoms with Gasteiger partial charge in [-0.1, -0.05) is 0 Å². The van der Waals surface area contributed by atoms with Crippen LogP contribution in [0.5, 0.6) is 0 Å². The second-order valence-corrected chi connectivity index (χ2v) is 6.88. The number of hydrazine groups is 1. The molecule has 1 aromatic heterocycles. The van der Waals surface area contributed by atoms with E-state index in [-0.39, 0.29) is 5.91 Å². The number of nitrogens with two attached hydrogens (primary N) is 1. The van der Waals surface area contributed by atoms with Crippen molar-refractivity contribution in [3.63, 3.8) is 0 Å². The largest absolute Gasteiger partial charge is 0.480 e. The minimum atomic E-state index is -1.03. The molecule has 150 valence electrons. The molecule has 0 fully saturated rings. The molecular formula is C17H27N5O5. The number of hydrogen-bond donors (Lipinski definition) is 5. The van der Waals surface area contributed by atoms with Crippen LogP contribution in [-0.4, -0.2) is 46.2 Å². The summed E-state index contributed by atoms with van der Waals surface area (Å²) in [5.74, 6) is -0.975. The van der Waals surface area contributed by atoms with E-state index in [1.165, 1.54) is 12.3 Å². The van der Waals surface area contributed by atoms with Crippen LogP contribution in [0.4, 0.5) is 10.6 Å². The molecule has 0 aliphatic carbocycles. The summed E-state index contributed by atoms with van der Waals surface area (Å²) in [6.07, 6.45) is 2.31. The molecule has 0 saturated carbocycles. The lowest BCUT2D eigenvalue weighted by Crippen LogP contribution is -2.36. The number of carbonyl (C=O) groups excluding carboxylic acids is 2. The fourth-order valence-electron chi connectivity index (χ4n) is 1.94. The molecule has 0 radical (unpaired) electrons. The van der Waals surface area contributed by atoms with Gasteiger partial charge >= 0.3 is 12.1 Å². The van der Waals surface area contributed by atoms with E-state index in [4.69, 9.17) is 15.6 Å². The van der Waals surface area contributed by atoms with Crippen LogP contribution in [0.2, 0.25) is 0 Å². The number of unbranched alkanes of at least 4 members (excludes halogenated alkanes) is 1. The molecule has 0 spiro atoms. The minimum absolute atomic E-state index is 0.295. The van der Waals surface area contributed by atoms with Crippen LogP contribution >= 0.6 is 0 Å². The average molecular weight is 381 g/mol. The fraction of sp³-hybridized carbons (Fsp3) is 0.529. The second-order valence-electron chi connectivity index (χ2n) is 6.88. The summed E-state index contributed by atoms with van der Waals surface area (Å²) < 4.78 is 5.07. The highest BCUT2D eigenvalue weighted by molar-refractivity contribution is 5.94. The van der Waals surface area contributed by atoms with Crippen molar-refractivity contribution in [3.8, 4) is 0 Å². The third kappa shape index (κ3) is 9.40. The van der Waals surface area contributed by atoms with Crippen molar-refractivity contribution >= 4 is 23.8 Å². The van der Waals surface area contributed by atoms with Gasteiger partial charge in [0, 0.05) is 12.7 Å². The minimum Gasteiger partial charge on any atom is -0.480 e. The van der Waals surface area contributed by atoms with Crippen LogP contribution in [-0.2, 0) is 9.53 Å². The van der Waals surface area contributed by atoms with Gasteiger partial charge in [0.2, 0.25) is 0 Å². The summed E-state index contributed by atoms with van der Waals surface area (Å²) in [6.45, 7) is 5.65. The highest BCUT2D eigenvalue weighted by Crippen LogP contribution is 2.07. The first-order valence-corrected chi connectivity index (χ1v) is 8.56. The lowest BCUT2D eigenvalue weighted by Gasteiger charge is -2.19. The molecule has 1 aromatic rings. The van der Waals surface area contributed by atoms with E-state index in [1.54, 1.807) is 26.8 Å². The molecule has 27 heavy (non-hydrogen) atoms. The van der Waals surface area contributed by atoms with Crippen molar-refractivity contribution in [2.24, 2.45) is 5.73 Å². The number of nitrogens with one attached hydrogen (secondary N) is 3. The molecule has 0 aliphatic rings. The van der Waals surface area contributed by atoms with Crippen molar-refractivity contribution in [3.05, 3.63) is 23.9 Å². The Hall–Kier alpha value is -2.88. The van der Waals surface area contributed by atoms with E-state index in [0.717, 1.165) is 0 Å². The van der Waals surface area contributed by atoms with Gasteiger partial charge in [-0.05, 0) is 52.2 Å². The molecule has 10 nitrogen and oxygen atoms in total. The highest BCUT2D eigenvalue weighted by Gasteiger charge is 2.16. The number of carboxylic acid groups (broad SMARTS) is 1. The molecule has 1 rings (SSSR count). The molecule has 0 saturated heterocycles. The Kier molecular flexibility index (Phi) is 8.46. The summed E-state index contributed by atoms with van der Waals surface area (Å²) >= 11 is 0. The molecule has 1 unspecified atom stereocenters. The average Bonchev–Trinajstić information content (AvgIpc) is 2.58. The van der Waals surface area contributed by atoms with Crippen LogP contribution in [0.15, 0.2) is 18.3 Å². The maximum absolute atomic E-state index is 12.0. The number of carboxylic acids is 1. The van der Waals surface area contributed by atoms with E-state index in [1.807, 2.05) is 0 Å². The van der Waals surface area contributed by atoms with E-state index in [9.17, 15) is 14.4 Å². The van der Waals surface area contributed by atoms with E-state index >= 15 is 0 Å². The monoisotopic (exact) mass is 381 g/mol. The number of nitrogens with zero attached hydrogens (tertiary/aromatic N) is 1. The van der Waals surface area contributed by atoms with Gasteiger partial charge in [-0.2, -0.15) is 0 Å². The van der Waals surface area contributed by atoms with E-state index in [0.29, 0.717) is 37.2 Å². The number of hydrogen-bond acceptors (Lipinski definition) is 7. The van der Waals surface area contributed by atoms with Gasteiger partial charge in [0.1, 0.15) is 17.5 Å².